The number of ketones is 2. The normalized spacial score (nSPS) is 14.8. The van der Waals surface area contributed by atoms with E-state index in [9.17, 15) is 9.59 Å². The summed E-state index contributed by atoms with van der Waals surface area (Å²) in [5, 5.41) is 3.24. The van der Waals surface area contributed by atoms with Gasteiger partial charge in [0, 0.05) is 17.7 Å². The van der Waals surface area contributed by atoms with Gasteiger partial charge in [0.1, 0.15) is 0 Å². The number of carbonyl (C=O) groups is 2. The van der Waals surface area contributed by atoms with Crippen LogP contribution in [-0.2, 0) is 0 Å². The Morgan fingerprint density at radius 2 is 1.88 bits per heavy atom. The summed E-state index contributed by atoms with van der Waals surface area (Å²) in [6.45, 7) is 4.24. The second-order valence-corrected chi connectivity index (χ2v) is 6.56. The number of hydrogen-bond donors (Lipinski definition) is 1. The largest absolute Gasteiger partial charge is 0.432 e. The van der Waals surface area contributed by atoms with Crippen LogP contribution in [-0.4, -0.2) is 22.6 Å². The molecule has 26 heavy (non-hydrogen) atoms. The fourth-order valence-corrected chi connectivity index (χ4v) is 3.08. The molecule has 0 aliphatic heterocycles. The Kier molecular flexibility index (Phi) is 5.66. The summed E-state index contributed by atoms with van der Waals surface area (Å²) in [6, 6.07) is 9.43. The maximum absolute atomic E-state index is 12.8. The standard InChI is InChI=1S/C21H24N2O3/c1-3-5-7-12-15(4-2)22-16-13-17(24)18-20(19(16)25)26-21(23-18)14-10-8-6-9-11-14/h6,8-11,13,15,22H,3-5,7,12H2,1-2H3. The van der Waals surface area contributed by atoms with Gasteiger partial charge in [-0.15, -0.1) is 0 Å². The van der Waals surface area contributed by atoms with Gasteiger partial charge in [0.25, 0.3) is 0 Å². The van der Waals surface area contributed by atoms with E-state index >= 15 is 0 Å². The minimum Gasteiger partial charge on any atom is -0.432 e. The Morgan fingerprint density at radius 1 is 1.12 bits per heavy atom. The van der Waals surface area contributed by atoms with Crippen LogP contribution in [0.25, 0.3) is 11.5 Å². The first-order valence-electron chi connectivity index (χ1n) is 9.27. The number of hydrogen-bond acceptors (Lipinski definition) is 5. The monoisotopic (exact) mass is 352 g/mol. The third kappa shape index (κ3) is 3.77. The van der Waals surface area contributed by atoms with Gasteiger partial charge in [-0.1, -0.05) is 51.3 Å². The van der Waals surface area contributed by atoms with Gasteiger partial charge in [-0.3, -0.25) is 9.59 Å². The molecule has 0 amide bonds. The van der Waals surface area contributed by atoms with E-state index in [1.54, 1.807) is 0 Å². The van der Waals surface area contributed by atoms with Gasteiger partial charge in [0.2, 0.25) is 23.2 Å². The Bertz CT molecular complexity index is 821. The molecule has 1 aromatic carbocycles. The number of rotatable bonds is 8. The third-order valence-electron chi connectivity index (χ3n) is 4.62. The molecule has 1 unspecified atom stereocenters. The molecule has 3 rings (SSSR count). The number of aromatic nitrogens is 1. The van der Waals surface area contributed by atoms with Crippen molar-refractivity contribution in [1.82, 2.24) is 10.3 Å². The number of unbranched alkanes of at least 4 members (excludes halogenated alkanes) is 2. The summed E-state index contributed by atoms with van der Waals surface area (Å²) in [5.41, 5.74) is 1.14. The van der Waals surface area contributed by atoms with Crippen LogP contribution in [0.4, 0.5) is 0 Å². The fraction of sp³-hybridized carbons (Fsp3) is 0.381. The lowest BCUT2D eigenvalue weighted by Crippen LogP contribution is -2.34. The summed E-state index contributed by atoms with van der Waals surface area (Å²) >= 11 is 0. The molecule has 1 N–H and O–H groups in total. The van der Waals surface area contributed by atoms with E-state index < -0.39 is 0 Å². The minimum absolute atomic E-state index is 0.0299. The molecule has 0 fully saturated rings. The average molecular weight is 352 g/mol. The molecule has 2 aromatic rings. The lowest BCUT2D eigenvalue weighted by atomic mass is 10.0. The van der Waals surface area contributed by atoms with Crippen molar-refractivity contribution in [1.29, 1.82) is 0 Å². The fourth-order valence-electron chi connectivity index (χ4n) is 3.08. The summed E-state index contributed by atoms with van der Waals surface area (Å²) in [7, 11) is 0. The topological polar surface area (TPSA) is 72.2 Å². The molecule has 1 atom stereocenters. The van der Waals surface area contributed by atoms with Gasteiger partial charge in [-0.25, -0.2) is 4.98 Å². The van der Waals surface area contributed by atoms with Crippen LogP contribution in [0.1, 0.15) is 67.0 Å². The van der Waals surface area contributed by atoms with E-state index in [4.69, 9.17) is 4.42 Å². The van der Waals surface area contributed by atoms with Crippen LogP contribution >= 0.6 is 0 Å². The summed E-state index contributed by atoms with van der Waals surface area (Å²) in [6.07, 6.45) is 6.63. The number of benzene rings is 1. The Morgan fingerprint density at radius 3 is 2.58 bits per heavy atom. The van der Waals surface area contributed by atoms with E-state index in [1.165, 1.54) is 6.08 Å². The SMILES string of the molecule is CCCCCC(CC)NC1=CC(=O)c2nc(-c3ccccc3)oc2C1=O. The smallest absolute Gasteiger partial charge is 0.246 e. The van der Waals surface area contributed by atoms with Crippen LogP contribution < -0.4 is 5.32 Å². The van der Waals surface area contributed by atoms with Crippen molar-refractivity contribution in [3.63, 3.8) is 0 Å². The second kappa shape index (κ2) is 8.13. The molecule has 1 aromatic heterocycles. The van der Waals surface area contributed by atoms with Gasteiger partial charge in [0.05, 0.1) is 5.70 Å². The zero-order valence-corrected chi connectivity index (χ0v) is 15.2. The molecule has 0 saturated carbocycles. The molecule has 0 bridgehead atoms. The first-order chi connectivity index (χ1) is 12.6. The zero-order valence-electron chi connectivity index (χ0n) is 15.2. The van der Waals surface area contributed by atoms with Crippen molar-refractivity contribution < 1.29 is 14.0 Å². The highest BCUT2D eigenvalue weighted by Gasteiger charge is 2.32. The third-order valence-corrected chi connectivity index (χ3v) is 4.62. The van der Waals surface area contributed by atoms with Crippen LogP contribution in [0.5, 0.6) is 0 Å². The number of carbonyl (C=O) groups excluding carboxylic acids is 2. The summed E-state index contributed by atoms with van der Waals surface area (Å²) < 4.78 is 5.66. The number of allylic oxidation sites excluding steroid dienone is 2. The van der Waals surface area contributed by atoms with Crippen LogP contribution in [0.15, 0.2) is 46.5 Å². The van der Waals surface area contributed by atoms with Gasteiger partial charge in [-0.05, 0) is 25.0 Å². The van der Waals surface area contributed by atoms with Crippen molar-refractivity contribution >= 4 is 11.6 Å². The number of nitrogens with zero attached hydrogens (tertiary/aromatic N) is 1. The second-order valence-electron chi connectivity index (χ2n) is 6.56. The van der Waals surface area contributed by atoms with Crippen molar-refractivity contribution in [2.75, 3.05) is 0 Å². The van der Waals surface area contributed by atoms with Gasteiger partial charge in [0.15, 0.2) is 5.69 Å². The highest BCUT2D eigenvalue weighted by molar-refractivity contribution is 6.22. The average Bonchev–Trinajstić information content (AvgIpc) is 3.12. The number of Topliss-reactive ketones (excluding diaryl/α,β-unsaturated/α-hetero) is 1. The lowest BCUT2D eigenvalue weighted by Gasteiger charge is -2.20. The van der Waals surface area contributed by atoms with Gasteiger partial charge < -0.3 is 9.73 Å². The maximum Gasteiger partial charge on any atom is 0.246 e. The van der Waals surface area contributed by atoms with Crippen molar-refractivity contribution in [3.8, 4) is 11.5 Å². The van der Waals surface area contributed by atoms with Crippen molar-refractivity contribution in [3.05, 3.63) is 53.6 Å². The zero-order chi connectivity index (χ0) is 18.5. The van der Waals surface area contributed by atoms with E-state index in [0.717, 1.165) is 37.7 Å². The van der Waals surface area contributed by atoms with Gasteiger partial charge >= 0.3 is 0 Å². The van der Waals surface area contributed by atoms with Crippen molar-refractivity contribution in [2.24, 2.45) is 0 Å². The van der Waals surface area contributed by atoms with E-state index in [1.807, 2.05) is 30.3 Å². The van der Waals surface area contributed by atoms with Gasteiger partial charge in [-0.2, -0.15) is 0 Å². The summed E-state index contributed by atoms with van der Waals surface area (Å²) in [4.78, 5) is 29.4. The highest BCUT2D eigenvalue weighted by atomic mass is 16.4. The molecule has 1 heterocycles. The molecule has 136 valence electrons. The predicted molar refractivity (Wildman–Crippen MR) is 100 cm³/mol. The predicted octanol–water partition coefficient (Wildman–Crippen LogP) is 4.55. The first kappa shape index (κ1) is 18.1. The molecule has 1 aliphatic rings. The minimum atomic E-state index is -0.303. The first-order valence-corrected chi connectivity index (χ1v) is 9.27. The summed E-state index contributed by atoms with van der Waals surface area (Å²) in [5.74, 6) is -0.274. The van der Waals surface area contributed by atoms with Crippen LogP contribution in [0, 0.1) is 0 Å². The quantitative estimate of drug-likeness (QED) is 0.706. The molecular weight excluding hydrogens is 328 g/mol. The van der Waals surface area contributed by atoms with E-state index in [0.29, 0.717) is 11.6 Å². The van der Waals surface area contributed by atoms with E-state index in [2.05, 4.69) is 24.1 Å². The maximum atomic E-state index is 12.8. The molecule has 0 spiro atoms. The molecule has 0 saturated heterocycles. The molecule has 0 radical (unpaired) electrons. The Hall–Kier alpha value is -2.69. The number of fused-ring (bicyclic) bond motifs is 1. The molecule has 5 nitrogen and oxygen atoms in total. The number of nitrogens with one attached hydrogen (secondary N) is 1. The Labute approximate surface area is 153 Å². The molecule has 1 aliphatic carbocycles. The van der Waals surface area contributed by atoms with Crippen molar-refractivity contribution in [2.45, 2.75) is 52.0 Å². The number of oxazole rings is 1. The molecule has 5 heteroatoms. The lowest BCUT2D eigenvalue weighted by molar-refractivity contribution is 0.0954. The highest BCUT2D eigenvalue weighted by Crippen LogP contribution is 2.27. The van der Waals surface area contributed by atoms with E-state index in [-0.39, 0.29) is 29.1 Å². The Balaban J connectivity index is 1.80. The van der Waals surface area contributed by atoms with Crippen LogP contribution in [0.3, 0.4) is 0 Å². The molecular formula is C21H24N2O3. The van der Waals surface area contributed by atoms with Crippen LogP contribution in [0.2, 0.25) is 0 Å².